The molecule has 0 amide bonds. The second kappa shape index (κ2) is 6.40. The lowest BCUT2D eigenvalue weighted by Gasteiger charge is -2.01. The molecule has 0 fully saturated rings. The van der Waals surface area contributed by atoms with Gasteiger partial charge in [0.2, 0.25) is 0 Å². The zero-order chi connectivity index (χ0) is 11.1. The molecule has 0 aliphatic carbocycles. The molecule has 0 saturated carbocycles. The van der Waals surface area contributed by atoms with Gasteiger partial charge in [0.15, 0.2) is 0 Å². The Hall–Kier alpha value is -1.10. The van der Waals surface area contributed by atoms with Crippen LogP contribution in [0.25, 0.3) is 0 Å². The summed E-state index contributed by atoms with van der Waals surface area (Å²) in [5.74, 6) is 0. The van der Waals surface area contributed by atoms with Gasteiger partial charge in [0.05, 0.1) is 12.8 Å². The molecular formula is C10H12ClNO3. The third kappa shape index (κ3) is 4.78. The number of benzene rings is 1. The first kappa shape index (κ1) is 12.0. The van der Waals surface area contributed by atoms with Crippen molar-refractivity contribution in [2.75, 3.05) is 6.61 Å². The summed E-state index contributed by atoms with van der Waals surface area (Å²) >= 11 is 5.70. The number of aliphatic hydroxyl groups is 2. The normalized spacial score (nSPS) is 13.0. The van der Waals surface area contributed by atoms with Gasteiger partial charge in [-0.05, 0) is 17.7 Å². The number of nitrogens with zero attached hydrogens (tertiary/aromatic N) is 1. The summed E-state index contributed by atoms with van der Waals surface area (Å²) in [5.41, 5.74) is 0.926. The van der Waals surface area contributed by atoms with Crippen molar-refractivity contribution in [2.45, 2.75) is 12.7 Å². The van der Waals surface area contributed by atoms with Crippen LogP contribution in [-0.4, -0.2) is 29.1 Å². The van der Waals surface area contributed by atoms with Gasteiger partial charge in [-0.15, -0.1) is 0 Å². The number of aliphatic hydroxyl groups excluding tert-OH is 2. The highest BCUT2D eigenvalue weighted by Gasteiger charge is 1.95. The smallest absolute Gasteiger partial charge is 0.142 e. The van der Waals surface area contributed by atoms with Crippen LogP contribution in [0.5, 0.6) is 0 Å². The molecule has 5 heteroatoms. The second-order valence-corrected chi connectivity index (χ2v) is 3.34. The molecule has 1 aromatic rings. The highest BCUT2D eigenvalue weighted by Crippen LogP contribution is 2.10. The third-order valence-corrected chi connectivity index (χ3v) is 1.89. The molecule has 0 aromatic heterocycles. The molecular weight excluding hydrogens is 218 g/mol. The Labute approximate surface area is 92.7 Å². The van der Waals surface area contributed by atoms with Crippen LogP contribution in [0.3, 0.4) is 0 Å². The fourth-order valence-electron chi connectivity index (χ4n) is 0.853. The number of halogens is 1. The van der Waals surface area contributed by atoms with Crippen molar-refractivity contribution in [3.05, 3.63) is 34.9 Å². The minimum atomic E-state index is -0.977. The van der Waals surface area contributed by atoms with Crippen LogP contribution < -0.4 is 0 Å². The van der Waals surface area contributed by atoms with Gasteiger partial charge in [-0.1, -0.05) is 28.9 Å². The van der Waals surface area contributed by atoms with Crippen LogP contribution in [-0.2, 0) is 11.4 Å². The van der Waals surface area contributed by atoms with Gasteiger partial charge in [-0.3, -0.25) is 0 Å². The van der Waals surface area contributed by atoms with E-state index in [1.807, 2.05) is 12.1 Å². The lowest BCUT2D eigenvalue weighted by Crippen LogP contribution is -2.13. The van der Waals surface area contributed by atoms with E-state index in [2.05, 4.69) is 5.16 Å². The zero-order valence-electron chi connectivity index (χ0n) is 8.01. The van der Waals surface area contributed by atoms with E-state index >= 15 is 0 Å². The molecule has 15 heavy (non-hydrogen) atoms. The molecule has 0 spiro atoms. The van der Waals surface area contributed by atoms with Crippen LogP contribution in [0.2, 0.25) is 5.02 Å². The van der Waals surface area contributed by atoms with Gasteiger partial charge in [-0.2, -0.15) is 0 Å². The Kier molecular flexibility index (Phi) is 5.10. The second-order valence-electron chi connectivity index (χ2n) is 2.90. The molecule has 0 aliphatic heterocycles. The molecule has 0 saturated heterocycles. The van der Waals surface area contributed by atoms with Crippen molar-refractivity contribution in [1.82, 2.24) is 0 Å². The van der Waals surface area contributed by atoms with Gasteiger partial charge in [0, 0.05) is 5.02 Å². The number of oxime groups is 1. The average molecular weight is 230 g/mol. The number of rotatable bonds is 5. The summed E-state index contributed by atoms with van der Waals surface area (Å²) < 4.78 is 0. The first-order valence-electron chi connectivity index (χ1n) is 4.41. The van der Waals surface area contributed by atoms with E-state index in [4.69, 9.17) is 26.7 Å². The van der Waals surface area contributed by atoms with Crippen LogP contribution in [0.1, 0.15) is 5.56 Å². The lowest BCUT2D eigenvalue weighted by molar-refractivity contribution is 0.116. The van der Waals surface area contributed by atoms with Crippen molar-refractivity contribution in [3.8, 4) is 0 Å². The molecule has 4 nitrogen and oxygen atoms in total. The van der Waals surface area contributed by atoms with E-state index in [0.29, 0.717) is 11.6 Å². The van der Waals surface area contributed by atoms with E-state index in [1.165, 1.54) is 0 Å². The Morgan fingerprint density at radius 2 is 2.07 bits per heavy atom. The van der Waals surface area contributed by atoms with E-state index in [9.17, 15) is 0 Å². The maximum absolute atomic E-state index is 8.89. The fraction of sp³-hybridized carbons (Fsp3) is 0.300. The standard InChI is InChI=1S/C10H12ClNO3/c11-9-3-1-8(2-4-9)7-15-12-5-10(14)6-13/h1-5,10,13-14H,6-7H2/b12-5+/t10-/m0/s1. The highest BCUT2D eigenvalue weighted by atomic mass is 35.5. The first-order valence-corrected chi connectivity index (χ1v) is 4.79. The molecule has 0 heterocycles. The van der Waals surface area contributed by atoms with Crippen molar-refractivity contribution in [2.24, 2.45) is 5.16 Å². The quantitative estimate of drug-likeness (QED) is 0.589. The molecule has 2 N–H and O–H groups in total. The molecule has 82 valence electrons. The lowest BCUT2D eigenvalue weighted by atomic mass is 10.2. The Bertz CT molecular complexity index is 313. The van der Waals surface area contributed by atoms with Crippen LogP contribution in [0.4, 0.5) is 0 Å². The molecule has 0 unspecified atom stereocenters. The Morgan fingerprint density at radius 3 is 2.67 bits per heavy atom. The predicted molar refractivity (Wildman–Crippen MR) is 57.8 cm³/mol. The SMILES string of the molecule is OC[C@@H](O)/C=N/OCc1ccc(Cl)cc1. The summed E-state index contributed by atoms with van der Waals surface area (Å²) in [4.78, 5) is 4.89. The van der Waals surface area contributed by atoms with E-state index in [0.717, 1.165) is 11.8 Å². The third-order valence-electron chi connectivity index (χ3n) is 1.64. The predicted octanol–water partition coefficient (Wildman–Crippen LogP) is 1.20. The van der Waals surface area contributed by atoms with Crippen LogP contribution in [0, 0.1) is 0 Å². The van der Waals surface area contributed by atoms with Gasteiger partial charge < -0.3 is 15.1 Å². The maximum Gasteiger partial charge on any atom is 0.142 e. The summed E-state index contributed by atoms with van der Waals surface area (Å²) in [6.45, 7) is -0.0698. The Morgan fingerprint density at radius 1 is 1.40 bits per heavy atom. The Balaban J connectivity index is 2.31. The maximum atomic E-state index is 8.89. The summed E-state index contributed by atoms with van der Waals surface area (Å²) in [5, 5.41) is 21.5. The molecule has 1 rings (SSSR count). The van der Waals surface area contributed by atoms with Crippen LogP contribution >= 0.6 is 11.6 Å². The zero-order valence-corrected chi connectivity index (χ0v) is 8.76. The first-order chi connectivity index (χ1) is 7.22. The van der Waals surface area contributed by atoms with E-state index in [-0.39, 0.29) is 6.61 Å². The molecule has 0 bridgehead atoms. The summed E-state index contributed by atoms with van der Waals surface area (Å²) in [6, 6.07) is 7.15. The summed E-state index contributed by atoms with van der Waals surface area (Å²) in [7, 11) is 0. The molecule has 1 aromatic carbocycles. The largest absolute Gasteiger partial charge is 0.393 e. The molecule has 0 aliphatic rings. The minimum Gasteiger partial charge on any atom is -0.393 e. The minimum absolute atomic E-state index is 0.297. The molecule has 1 atom stereocenters. The monoisotopic (exact) mass is 229 g/mol. The van der Waals surface area contributed by atoms with E-state index in [1.54, 1.807) is 12.1 Å². The number of hydrogen-bond acceptors (Lipinski definition) is 4. The summed E-state index contributed by atoms with van der Waals surface area (Å²) in [6.07, 6.45) is 0.158. The van der Waals surface area contributed by atoms with Gasteiger partial charge in [-0.25, -0.2) is 0 Å². The number of hydrogen-bond donors (Lipinski definition) is 2. The van der Waals surface area contributed by atoms with Gasteiger partial charge in [0.25, 0.3) is 0 Å². The molecule has 0 radical (unpaired) electrons. The van der Waals surface area contributed by atoms with Crippen molar-refractivity contribution in [3.63, 3.8) is 0 Å². The van der Waals surface area contributed by atoms with E-state index < -0.39 is 6.10 Å². The average Bonchev–Trinajstić information content (AvgIpc) is 2.26. The topological polar surface area (TPSA) is 62.0 Å². The van der Waals surface area contributed by atoms with Crippen molar-refractivity contribution < 1.29 is 15.1 Å². The van der Waals surface area contributed by atoms with Gasteiger partial charge >= 0.3 is 0 Å². The van der Waals surface area contributed by atoms with Crippen LogP contribution in [0.15, 0.2) is 29.4 Å². The fourth-order valence-corrected chi connectivity index (χ4v) is 0.979. The van der Waals surface area contributed by atoms with Crippen molar-refractivity contribution >= 4 is 17.8 Å². The van der Waals surface area contributed by atoms with Crippen molar-refractivity contribution in [1.29, 1.82) is 0 Å². The van der Waals surface area contributed by atoms with Gasteiger partial charge in [0.1, 0.15) is 12.7 Å². The highest BCUT2D eigenvalue weighted by molar-refractivity contribution is 6.30.